The highest BCUT2D eigenvalue weighted by Crippen LogP contribution is 2.34. The number of Topliss-reactive ketones (excluding diaryl/α,β-unsaturated/α-hetero) is 2. The first kappa shape index (κ1) is 12.3. The number of nitrogen functional groups attached to an aromatic ring is 1. The number of hydrogen-bond donors (Lipinski definition) is 3. The molecule has 0 amide bonds. The second-order valence-corrected chi connectivity index (χ2v) is 5.33. The summed E-state index contributed by atoms with van der Waals surface area (Å²) in [7, 11) is 0. The maximum Gasteiger partial charge on any atom is 0.273 e. The molecule has 1 aromatic heterocycles. The van der Waals surface area contributed by atoms with E-state index in [1.165, 1.54) is 6.08 Å². The Hall–Kier alpha value is -2.11. The van der Waals surface area contributed by atoms with Crippen molar-refractivity contribution in [3.63, 3.8) is 0 Å². The Labute approximate surface area is 103 Å². The molecule has 18 heavy (non-hydrogen) atoms. The van der Waals surface area contributed by atoms with E-state index in [1.54, 1.807) is 0 Å². The number of carbonyl (C=O) groups excluding carboxylic acids is 2. The largest absolute Gasteiger partial charge is 0.384 e. The summed E-state index contributed by atoms with van der Waals surface area (Å²) in [5, 5.41) is 4.75. The van der Waals surface area contributed by atoms with Gasteiger partial charge in [0.25, 0.3) is 5.56 Å². The number of anilines is 1. The molecule has 96 valence electrons. The van der Waals surface area contributed by atoms with Crippen LogP contribution in [0.1, 0.15) is 32.3 Å². The van der Waals surface area contributed by atoms with Crippen LogP contribution in [0.4, 0.5) is 5.82 Å². The summed E-state index contributed by atoms with van der Waals surface area (Å²) in [6.07, 6.45) is 1.88. The van der Waals surface area contributed by atoms with Crippen LogP contribution in [0.15, 0.2) is 10.4 Å². The highest BCUT2D eigenvalue weighted by molar-refractivity contribution is 6.25. The predicted molar refractivity (Wildman–Crippen MR) is 66.8 cm³/mol. The Bertz CT molecular complexity index is 582. The monoisotopic (exact) mass is 249 g/mol. The fourth-order valence-electron chi connectivity index (χ4n) is 2.11. The molecule has 6 heteroatoms. The summed E-state index contributed by atoms with van der Waals surface area (Å²) in [6, 6.07) is 0. The molecule has 0 unspecified atom stereocenters. The van der Waals surface area contributed by atoms with Crippen LogP contribution in [0.25, 0.3) is 6.08 Å². The number of H-pyrrole nitrogens is 2. The van der Waals surface area contributed by atoms with Crippen molar-refractivity contribution >= 4 is 23.5 Å². The summed E-state index contributed by atoms with van der Waals surface area (Å²) in [5.74, 6) is -0.356. The van der Waals surface area contributed by atoms with Gasteiger partial charge in [-0.05, 0) is 11.5 Å². The van der Waals surface area contributed by atoms with E-state index in [0.717, 1.165) is 0 Å². The molecule has 0 spiro atoms. The molecule has 0 aliphatic heterocycles. The van der Waals surface area contributed by atoms with Gasteiger partial charge < -0.3 is 5.73 Å². The Morgan fingerprint density at radius 1 is 1.11 bits per heavy atom. The average Bonchev–Trinajstić information content (AvgIpc) is 2.52. The Balaban J connectivity index is 2.43. The Morgan fingerprint density at radius 2 is 1.67 bits per heavy atom. The summed E-state index contributed by atoms with van der Waals surface area (Å²) >= 11 is 0. The standard InChI is InChI=1S/C12H15N3O3/c1-12(2)4-8(16)6(9(17)5-12)3-7-10(13)14-15-11(7)18/h3H,4-5H2,1-2H3,(H4,13,14,15,18). The van der Waals surface area contributed by atoms with E-state index < -0.39 is 5.56 Å². The number of allylic oxidation sites excluding steroid dienone is 1. The summed E-state index contributed by atoms with van der Waals surface area (Å²) < 4.78 is 0. The van der Waals surface area contributed by atoms with Crippen molar-refractivity contribution < 1.29 is 9.59 Å². The highest BCUT2D eigenvalue weighted by Gasteiger charge is 2.35. The van der Waals surface area contributed by atoms with Gasteiger partial charge in [-0.3, -0.25) is 24.6 Å². The topological polar surface area (TPSA) is 109 Å². The normalized spacial score (nSPS) is 19.1. The molecule has 0 radical (unpaired) electrons. The molecule has 1 aromatic rings. The van der Waals surface area contributed by atoms with Crippen LogP contribution in [-0.4, -0.2) is 21.8 Å². The van der Waals surface area contributed by atoms with Crippen molar-refractivity contribution in [1.82, 2.24) is 10.2 Å². The first-order valence-corrected chi connectivity index (χ1v) is 5.64. The molecule has 2 rings (SSSR count). The third-order valence-corrected chi connectivity index (χ3v) is 3.01. The molecular formula is C12H15N3O3. The average molecular weight is 249 g/mol. The molecule has 0 bridgehead atoms. The minimum absolute atomic E-state index is 0.0612. The van der Waals surface area contributed by atoms with Crippen LogP contribution in [0.3, 0.4) is 0 Å². The van der Waals surface area contributed by atoms with Gasteiger partial charge in [-0.1, -0.05) is 13.8 Å². The van der Waals surface area contributed by atoms with Crippen molar-refractivity contribution in [2.24, 2.45) is 5.41 Å². The minimum Gasteiger partial charge on any atom is -0.384 e. The number of aromatic amines is 2. The lowest BCUT2D eigenvalue weighted by Gasteiger charge is -2.28. The van der Waals surface area contributed by atoms with Crippen molar-refractivity contribution in [1.29, 1.82) is 0 Å². The lowest BCUT2D eigenvalue weighted by atomic mass is 9.74. The van der Waals surface area contributed by atoms with Crippen LogP contribution >= 0.6 is 0 Å². The molecule has 0 aromatic carbocycles. The minimum atomic E-state index is -0.439. The fourth-order valence-corrected chi connectivity index (χ4v) is 2.11. The van der Waals surface area contributed by atoms with Crippen molar-refractivity contribution in [2.45, 2.75) is 26.7 Å². The predicted octanol–water partition coefficient (Wildman–Crippen LogP) is 0.627. The van der Waals surface area contributed by atoms with Gasteiger partial charge in [0.2, 0.25) is 0 Å². The Morgan fingerprint density at radius 3 is 2.11 bits per heavy atom. The molecule has 4 N–H and O–H groups in total. The molecule has 1 saturated carbocycles. The van der Waals surface area contributed by atoms with Gasteiger partial charge in [0.05, 0.1) is 11.1 Å². The third kappa shape index (κ3) is 2.13. The van der Waals surface area contributed by atoms with Gasteiger partial charge in [0.1, 0.15) is 5.82 Å². The van der Waals surface area contributed by atoms with Gasteiger partial charge in [-0.25, -0.2) is 0 Å². The first-order valence-electron chi connectivity index (χ1n) is 5.64. The number of aromatic nitrogens is 2. The van der Waals surface area contributed by atoms with Crippen LogP contribution < -0.4 is 11.3 Å². The van der Waals surface area contributed by atoms with Gasteiger partial charge in [0, 0.05) is 12.8 Å². The van der Waals surface area contributed by atoms with Gasteiger partial charge >= 0.3 is 0 Å². The highest BCUT2D eigenvalue weighted by atomic mass is 16.2. The van der Waals surface area contributed by atoms with Crippen LogP contribution in [0.2, 0.25) is 0 Å². The second kappa shape index (κ2) is 3.97. The molecule has 0 atom stereocenters. The number of nitrogens with two attached hydrogens (primary N) is 1. The number of carbonyl (C=O) groups is 2. The second-order valence-electron chi connectivity index (χ2n) is 5.33. The number of hydrogen-bond acceptors (Lipinski definition) is 4. The van der Waals surface area contributed by atoms with E-state index in [4.69, 9.17) is 5.73 Å². The van der Waals surface area contributed by atoms with Gasteiger partial charge in [-0.2, -0.15) is 0 Å². The fraction of sp³-hybridized carbons (Fsp3) is 0.417. The van der Waals surface area contributed by atoms with Gasteiger partial charge in [0.15, 0.2) is 11.6 Å². The zero-order valence-corrected chi connectivity index (χ0v) is 10.3. The summed E-state index contributed by atoms with van der Waals surface area (Å²) in [4.78, 5) is 35.3. The molecule has 1 aliphatic rings. The Kier molecular flexibility index (Phi) is 2.73. The zero-order chi connectivity index (χ0) is 13.5. The van der Waals surface area contributed by atoms with Crippen LogP contribution in [-0.2, 0) is 9.59 Å². The van der Waals surface area contributed by atoms with Crippen molar-refractivity contribution in [3.05, 3.63) is 21.5 Å². The molecule has 0 saturated heterocycles. The van der Waals surface area contributed by atoms with Crippen LogP contribution in [0, 0.1) is 5.41 Å². The number of rotatable bonds is 1. The van der Waals surface area contributed by atoms with Crippen molar-refractivity contribution in [2.75, 3.05) is 5.73 Å². The van der Waals surface area contributed by atoms with E-state index in [1.807, 2.05) is 13.8 Å². The maximum absolute atomic E-state index is 11.9. The van der Waals surface area contributed by atoms with E-state index in [2.05, 4.69) is 10.2 Å². The summed E-state index contributed by atoms with van der Waals surface area (Å²) in [6.45, 7) is 3.74. The lowest BCUT2D eigenvalue weighted by molar-refractivity contribution is -0.127. The van der Waals surface area contributed by atoms with E-state index in [-0.39, 0.29) is 33.9 Å². The first-order chi connectivity index (χ1) is 8.30. The smallest absolute Gasteiger partial charge is 0.273 e. The van der Waals surface area contributed by atoms with Gasteiger partial charge in [-0.15, -0.1) is 0 Å². The maximum atomic E-state index is 11.9. The summed E-state index contributed by atoms with van der Waals surface area (Å²) in [5.41, 5.74) is 4.98. The third-order valence-electron chi connectivity index (χ3n) is 3.01. The SMILES string of the molecule is CC1(C)CC(=O)C(=Cc2c(N)[nH][nH]c2=O)C(=O)C1. The molecule has 6 nitrogen and oxygen atoms in total. The molecule has 1 heterocycles. The molecular weight excluding hydrogens is 234 g/mol. The van der Waals surface area contributed by atoms with E-state index >= 15 is 0 Å². The number of ketones is 2. The van der Waals surface area contributed by atoms with E-state index in [0.29, 0.717) is 12.8 Å². The van der Waals surface area contributed by atoms with Crippen molar-refractivity contribution in [3.8, 4) is 0 Å². The number of nitrogens with one attached hydrogen (secondary N) is 2. The molecule has 1 fully saturated rings. The molecule has 1 aliphatic carbocycles. The lowest BCUT2D eigenvalue weighted by Crippen LogP contribution is -2.31. The zero-order valence-electron chi connectivity index (χ0n) is 10.3. The van der Waals surface area contributed by atoms with E-state index in [9.17, 15) is 14.4 Å². The van der Waals surface area contributed by atoms with Crippen LogP contribution in [0.5, 0.6) is 0 Å². The quantitative estimate of drug-likeness (QED) is 0.501.